The second kappa shape index (κ2) is 13.7. The van der Waals surface area contributed by atoms with Crippen LogP contribution in [-0.4, -0.2) is 60.9 Å². The number of para-hydroxylation sites is 1. The highest BCUT2D eigenvalue weighted by atomic mass is 16.5. The molecule has 35 heavy (non-hydrogen) atoms. The van der Waals surface area contributed by atoms with Gasteiger partial charge < -0.3 is 19.1 Å². The number of hydrogen-bond donors (Lipinski definition) is 0. The van der Waals surface area contributed by atoms with E-state index in [1.165, 1.54) is 0 Å². The summed E-state index contributed by atoms with van der Waals surface area (Å²) in [6.45, 7) is 3.98. The van der Waals surface area contributed by atoms with E-state index in [2.05, 4.69) is 0 Å². The lowest BCUT2D eigenvalue weighted by Gasteiger charge is -2.32. The molecule has 0 saturated carbocycles. The number of fused-ring (bicyclic) bond motifs is 1. The molecular formula is C27H35N3O5. The van der Waals surface area contributed by atoms with E-state index in [1.807, 2.05) is 55.5 Å². The van der Waals surface area contributed by atoms with Gasteiger partial charge >= 0.3 is 0 Å². The van der Waals surface area contributed by atoms with Gasteiger partial charge in [-0.3, -0.25) is 14.2 Å². The van der Waals surface area contributed by atoms with Crippen LogP contribution in [0.15, 0.2) is 59.4 Å². The molecule has 0 saturated heterocycles. The largest absolute Gasteiger partial charge is 0.385 e. The van der Waals surface area contributed by atoms with E-state index in [-0.39, 0.29) is 18.1 Å². The van der Waals surface area contributed by atoms with Crippen molar-refractivity contribution in [1.82, 2.24) is 14.5 Å². The minimum atomic E-state index is -0.395. The predicted molar refractivity (Wildman–Crippen MR) is 135 cm³/mol. The maximum atomic E-state index is 13.4. The monoisotopic (exact) mass is 481 g/mol. The standard InChI is InChI=1S/C27H35N3O5/c1-4-24(26-28-23-14-9-8-13-22(23)27(32)30(26)16-18-34-3)29(15-10-17-33-2)25(31)20-35-19-21-11-6-5-7-12-21/h5-9,11-14,24H,4,10,15-20H2,1-3H3. The van der Waals surface area contributed by atoms with Crippen LogP contribution in [0.1, 0.15) is 37.2 Å². The summed E-state index contributed by atoms with van der Waals surface area (Å²) in [7, 11) is 3.24. The van der Waals surface area contributed by atoms with Gasteiger partial charge in [-0.25, -0.2) is 4.98 Å². The number of nitrogens with zero attached hydrogens (tertiary/aromatic N) is 3. The van der Waals surface area contributed by atoms with Crippen molar-refractivity contribution in [2.24, 2.45) is 0 Å². The Morgan fingerprint density at radius 1 is 1.03 bits per heavy atom. The quantitative estimate of drug-likeness (QED) is 0.327. The van der Waals surface area contributed by atoms with Crippen LogP contribution in [0, 0.1) is 0 Å². The van der Waals surface area contributed by atoms with Crippen LogP contribution < -0.4 is 5.56 Å². The first-order valence-electron chi connectivity index (χ1n) is 12.0. The third-order valence-corrected chi connectivity index (χ3v) is 5.88. The zero-order chi connectivity index (χ0) is 25.0. The van der Waals surface area contributed by atoms with Crippen LogP contribution >= 0.6 is 0 Å². The molecule has 1 aromatic heterocycles. The number of ether oxygens (including phenoxy) is 3. The molecule has 0 bridgehead atoms. The van der Waals surface area contributed by atoms with Crippen LogP contribution in [0.2, 0.25) is 0 Å². The molecule has 0 radical (unpaired) electrons. The maximum Gasteiger partial charge on any atom is 0.261 e. The van der Waals surface area contributed by atoms with Crippen molar-refractivity contribution < 1.29 is 19.0 Å². The summed E-state index contributed by atoms with van der Waals surface area (Å²) >= 11 is 0. The molecule has 0 fully saturated rings. The van der Waals surface area contributed by atoms with Gasteiger partial charge in [-0.05, 0) is 30.5 Å². The van der Waals surface area contributed by atoms with Crippen LogP contribution in [0.3, 0.4) is 0 Å². The first kappa shape index (κ1) is 26.5. The topological polar surface area (TPSA) is 82.9 Å². The number of rotatable bonds is 14. The van der Waals surface area contributed by atoms with E-state index in [1.54, 1.807) is 29.8 Å². The second-order valence-electron chi connectivity index (χ2n) is 8.27. The van der Waals surface area contributed by atoms with Gasteiger partial charge in [0.2, 0.25) is 5.91 Å². The van der Waals surface area contributed by atoms with Crippen molar-refractivity contribution >= 4 is 16.8 Å². The van der Waals surface area contributed by atoms with E-state index in [0.29, 0.717) is 62.5 Å². The first-order chi connectivity index (χ1) is 17.1. The lowest BCUT2D eigenvalue weighted by Crippen LogP contribution is -2.41. The van der Waals surface area contributed by atoms with E-state index < -0.39 is 6.04 Å². The summed E-state index contributed by atoms with van der Waals surface area (Å²) in [6.07, 6.45) is 1.25. The van der Waals surface area contributed by atoms with Gasteiger partial charge in [-0.15, -0.1) is 0 Å². The average molecular weight is 482 g/mol. The smallest absolute Gasteiger partial charge is 0.261 e. The lowest BCUT2D eigenvalue weighted by atomic mass is 10.1. The van der Waals surface area contributed by atoms with Gasteiger partial charge in [-0.1, -0.05) is 49.4 Å². The Bertz CT molecular complexity index is 1130. The number of carbonyl (C=O) groups is 1. The predicted octanol–water partition coefficient (Wildman–Crippen LogP) is 3.58. The summed E-state index contributed by atoms with van der Waals surface area (Å²) in [5.41, 5.74) is 1.48. The summed E-state index contributed by atoms with van der Waals surface area (Å²) in [4.78, 5) is 33.4. The Morgan fingerprint density at radius 3 is 2.46 bits per heavy atom. The Morgan fingerprint density at radius 2 is 1.74 bits per heavy atom. The minimum absolute atomic E-state index is 0.0612. The molecule has 2 aromatic carbocycles. The van der Waals surface area contributed by atoms with Crippen molar-refractivity contribution in [3.8, 4) is 0 Å². The molecule has 0 aliphatic carbocycles. The Balaban J connectivity index is 1.92. The normalized spacial score (nSPS) is 12.1. The third kappa shape index (κ3) is 6.97. The molecule has 0 aliphatic heterocycles. The van der Waals surface area contributed by atoms with Crippen LogP contribution in [0.5, 0.6) is 0 Å². The fourth-order valence-corrected chi connectivity index (χ4v) is 4.13. The lowest BCUT2D eigenvalue weighted by molar-refractivity contribution is -0.139. The van der Waals surface area contributed by atoms with Crippen LogP contribution in [0.25, 0.3) is 10.9 Å². The number of benzene rings is 2. The van der Waals surface area contributed by atoms with E-state index in [0.717, 1.165) is 5.56 Å². The van der Waals surface area contributed by atoms with Crippen molar-refractivity contribution in [1.29, 1.82) is 0 Å². The molecule has 1 heterocycles. The van der Waals surface area contributed by atoms with Crippen LogP contribution in [0.4, 0.5) is 0 Å². The van der Waals surface area contributed by atoms with Crippen molar-refractivity contribution in [2.75, 3.05) is 40.6 Å². The Labute approximate surface area is 206 Å². The molecule has 1 atom stereocenters. The first-order valence-corrected chi connectivity index (χ1v) is 12.0. The second-order valence-corrected chi connectivity index (χ2v) is 8.27. The molecule has 3 rings (SSSR count). The number of amides is 1. The maximum absolute atomic E-state index is 13.4. The van der Waals surface area contributed by atoms with Gasteiger partial charge in [0.15, 0.2) is 0 Å². The molecule has 8 nitrogen and oxygen atoms in total. The van der Waals surface area contributed by atoms with Gasteiger partial charge in [0.25, 0.3) is 5.56 Å². The number of aromatic nitrogens is 2. The van der Waals surface area contributed by atoms with Crippen molar-refractivity contribution in [3.05, 3.63) is 76.3 Å². The van der Waals surface area contributed by atoms with E-state index >= 15 is 0 Å². The number of carbonyl (C=O) groups excluding carboxylic acids is 1. The van der Waals surface area contributed by atoms with Crippen molar-refractivity contribution in [3.63, 3.8) is 0 Å². The zero-order valence-electron chi connectivity index (χ0n) is 20.8. The molecule has 0 spiro atoms. The SMILES string of the molecule is CCC(c1nc2ccccc2c(=O)n1CCOC)N(CCCOC)C(=O)COCc1ccccc1. The molecule has 3 aromatic rings. The van der Waals surface area contributed by atoms with Gasteiger partial charge in [0.1, 0.15) is 12.4 Å². The Hall–Kier alpha value is -3.07. The fourth-order valence-electron chi connectivity index (χ4n) is 4.13. The van der Waals surface area contributed by atoms with Gasteiger partial charge in [-0.2, -0.15) is 0 Å². The number of methoxy groups -OCH3 is 2. The summed E-state index contributed by atoms with van der Waals surface area (Å²) < 4.78 is 17.9. The highest BCUT2D eigenvalue weighted by molar-refractivity contribution is 5.79. The van der Waals surface area contributed by atoms with Gasteiger partial charge in [0, 0.05) is 27.4 Å². The molecule has 188 valence electrons. The molecule has 1 amide bonds. The minimum Gasteiger partial charge on any atom is -0.385 e. The van der Waals surface area contributed by atoms with E-state index in [9.17, 15) is 9.59 Å². The Kier molecular flexibility index (Phi) is 10.4. The molecular weight excluding hydrogens is 446 g/mol. The van der Waals surface area contributed by atoms with Gasteiger partial charge in [0.05, 0.1) is 36.7 Å². The molecule has 0 aliphatic rings. The fraction of sp³-hybridized carbons (Fsp3) is 0.444. The molecule has 1 unspecified atom stereocenters. The van der Waals surface area contributed by atoms with Crippen LogP contribution in [-0.2, 0) is 32.2 Å². The molecule has 8 heteroatoms. The zero-order valence-corrected chi connectivity index (χ0v) is 20.8. The van der Waals surface area contributed by atoms with Crippen molar-refractivity contribution in [2.45, 2.75) is 39.0 Å². The van der Waals surface area contributed by atoms with E-state index in [4.69, 9.17) is 19.2 Å². The number of hydrogen-bond acceptors (Lipinski definition) is 6. The third-order valence-electron chi connectivity index (χ3n) is 5.88. The summed E-state index contributed by atoms with van der Waals surface area (Å²) in [6, 6.07) is 16.6. The highest BCUT2D eigenvalue weighted by Gasteiger charge is 2.28. The average Bonchev–Trinajstić information content (AvgIpc) is 2.88. The highest BCUT2D eigenvalue weighted by Crippen LogP contribution is 2.24. The molecule has 0 N–H and O–H groups in total. The summed E-state index contributed by atoms with van der Waals surface area (Å²) in [5, 5.41) is 0.547. The summed E-state index contributed by atoms with van der Waals surface area (Å²) in [5.74, 6) is 0.409.